The summed E-state index contributed by atoms with van der Waals surface area (Å²) in [6, 6.07) is 0. The molecule has 0 aliphatic carbocycles. The summed E-state index contributed by atoms with van der Waals surface area (Å²) < 4.78 is 0. The quantitative estimate of drug-likeness (QED) is 0.304. The van der Waals surface area contributed by atoms with Crippen LogP contribution in [0, 0.1) is 0 Å². The Bertz CT molecular complexity index is 94.3. The van der Waals surface area contributed by atoms with Crippen LogP contribution in [0.25, 0.3) is 0 Å². The Balaban J connectivity index is 3.27. The van der Waals surface area contributed by atoms with Gasteiger partial charge in [0.15, 0.2) is 0 Å². The summed E-state index contributed by atoms with van der Waals surface area (Å²) in [5, 5.41) is 0. The lowest BCUT2D eigenvalue weighted by Crippen LogP contribution is -1.53. The Hall–Kier alpha value is -0.560. The molecule has 0 aromatic rings. The van der Waals surface area contributed by atoms with Gasteiger partial charge in [-0.2, -0.15) is 0 Å². The Morgan fingerprint density at radius 3 is 2.29 bits per heavy atom. The van der Waals surface area contributed by atoms with Crippen LogP contribution in [0.15, 0.2) is 23.8 Å². The van der Waals surface area contributed by atoms with Crippen LogP contribution >= 0.6 is 11.6 Å². The molecule has 0 amide bonds. The smallest absolute Gasteiger partial charge is 0.142 e. The molecule has 0 aliphatic rings. The van der Waals surface area contributed by atoms with E-state index in [0.717, 1.165) is 0 Å². The molecule has 0 aliphatic heterocycles. The zero-order chi connectivity index (χ0) is 5.54. The van der Waals surface area contributed by atoms with Crippen LogP contribution in [0.1, 0.15) is 0 Å². The van der Waals surface area contributed by atoms with E-state index in [1.54, 1.807) is 12.2 Å². The van der Waals surface area contributed by atoms with Gasteiger partial charge in [0.05, 0.1) is 0 Å². The summed E-state index contributed by atoms with van der Waals surface area (Å²) in [6.45, 7) is 0. The van der Waals surface area contributed by atoms with Gasteiger partial charge in [-0.1, -0.05) is 23.8 Å². The zero-order valence-corrected chi connectivity index (χ0v) is 4.43. The Morgan fingerprint density at radius 2 is 1.86 bits per heavy atom. The predicted molar refractivity (Wildman–Crippen MR) is 30.2 cm³/mol. The third kappa shape index (κ3) is 5.44. The molecule has 0 bridgehead atoms. The van der Waals surface area contributed by atoms with Gasteiger partial charge < -0.3 is 0 Å². The van der Waals surface area contributed by atoms with Gasteiger partial charge in [-0.05, 0) is 6.08 Å². The van der Waals surface area contributed by atoms with Gasteiger partial charge in [-0.15, -0.1) is 0 Å². The third-order valence-corrected chi connectivity index (χ3v) is 0.519. The summed E-state index contributed by atoms with van der Waals surface area (Å²) in [5.41, 5.74) is 1.33. The Labute approximate surface area is 47.3 Å². The molecule has 0 N–H and O–H groups in total. The van der Waals surface area contributed by atoms with Crippen molar-refractivity contribution >= 4 is 17.9 Å². The molecule has 2 heteroatoms. The normalized spacial score (nSPS) is 11.0. The van der Waals surface area contributed by atoms with Gasteiger partial charge in [-0.25, -0.2) is 0 Å². The minimum Gasteiger partial charge on any atom is -0.299 e. The van der Waals surface area contributed by atoms with Gasteiger partial charge in [-0.3, -0.25) is 4.79 Å². The summed E-state index contributed by atoms with van der Waals surface area (Å²) in [7, 11) is 0. The molecule has 0 unspecified atom stereocenters. The number of carbonyl (C=O) groups excluding carboxylic acids is 1. The van der Waals surface area contributed by atoms with E-state index in [1.807, 2.05) is 0 Å². The zero-order valence-electron chi connectivity index (χ0n) is 3.67. The second kappa shape index (κ2) is 5.44. The van der Waals surface area contributed by atoms with Crippen molar-refractivity contribution in [1.29, 1.82) is 0 Å². The topological polar surface area (TPSA) is 17.1 Å². The van der Waals surface area contributed by atoms with Crippen molar-refractivity contribution in [2.75, 3.05) is 0 Å². The fourth-order valence-electron chi connectivity index (χ4n) is 0.152. The highest BCUT2D eigenvalue weighted by Gasteiger charge is 1.56. The van der Waals surface area contributed by atoms with Gasteiger partial charge in [0, 0.05) is 5.54 Å². The second-order valence-corrected chi connectivity index (χ2v) is 1.09. The number of hydrogen-bond acceptors (Lipinski definition) is 1. The molecule has 0 saturated heterocycles. The van der Waals surface area contributed by atoms with Gasteiger partial charge in [0.2, 0.25) is 0 Å². The van der Waals surface area contributed by atoms with Crippen LogP contribution in [0.5, 0.6) is 0 Å². The summed E-state index contributed by atoms with van der Waals surface area (Å²) in [6.07, 6.45) is 5.17. The SMILES string of the molecule is O=C/C=C/C=C/Cl. The van der Waals surface area contributed by atoms with Crippen molar-refractivity contribution in [2.24, 2.45) is 0 Å². The maximum Gasteiger partial charge on any atom is 0.142 e. The molecule has 0 rings (SSSR count). The molecule has 0 heterocycles. The number of rotatable bonds is 2. The van der Waals surface area contributed by atoms with Crippen LogP contribution < -0.4 is 0 Å². The van der Waals surface area contributed by atoms with E-state index in [2.05, 4.69) is 0 Å². The standard InChI is InChI=1S/C5H5ClO/c6-4-2-1-3-5-7/h1-5H/b3-1+,4-2+. The highest BCUT2D eigenvalue weighted by Crippen LogP contribution is 1.77. The highest BCUT2D eigenvalue weighted by molar-refractivity contribution is 6.25. The molecule has 38 valence electrons. The van der Waals surface area contributed by atoms with Crippen LogP contribution in [0.4, 0.5) is 0 Å². The third-order valence-electron chi connectivity index (χ3n) is 0.374. The van der Waals surface area contributed by atoms with Crippen molar-refractivity contribution in [3.05, 3.63) is 23.8 Å². The molecule has 0 radical (unpaired) electrons. The fourth-order valence-corrected chi connectivity index (χ4v) is 0.235. The maximum atomic E-state index is 9.52. The predicted octanol–water partition coefficient (Wildman–Crippen LogP) is 1.49. The molecule has 7 heavy (non-hydrogen) atoms. The number of carbonyl (C=O) groups is 1. The lowest BCUT2D eigenvalue weighted by molar-refractivity contribution is -0.104. The van der Waals surface area contributed by atoms with Crippen molar-refractivity contribution in [3.63, 3.8) is 0 Å². The fraction of sp³-hybridized carbons (Fsp3) is 0. The van der Waals surface area contributed by atoms with Crippen LogP contribution in [0.2, 0.25) is 0 Å². The van der Waals surface area contributed by atoms with Crippen molar-refractivity contribution in [2.45, 2.75) is 0 Å². The lowest BCUT2D eigenvalue weighted by atomic mass is 10.5. The van der Waals surface area contributed by atoms with Crippen molar-refractivity contribution in [1.82, 2.24) is 0 Å². The number of halogens is 1. The monoisotopic (exact) mass is 116 g/mol. The van der Waals surface area contributed by atoms with E-state index >= 15 is 0 Å². The Morgan fingerprint density at radius 1 is 1.14 bits per heavy atom. The lowest BCUT2D eigenvalue weighted by Gasteiger charge is -1.61. The summed E-state index contributed by atoms with van der Waals surface area (Å²) >= 11 is 5.09. The molecule has 0 aromatic heterocycles. The molecular formula is C5H5ClO. The first-order valence-electron chi connectivity index (χ1n) is 1.79. The van der Waals surface area contributed by atoms with E-state index in [0.29, 0.717) is 6.29 Å². The van der Waals surface area contributed by atoms with Gasteiger partial charge in [0.1, 0.15) is 6.29 Å². The molecule has 1 nitrogen and oxygen atoms in total. The van der Waals surface area contributed by atoms with E-state index < -0.39 is 0 Å². The summed E-state index contributed by atoms with van der Waals surface area (Å²) in [5.74, 6) is 0. The van der Waals surface area contributed by atoms with Crippen molar-refractivity contribution in [3.8, 4) is 0 Å². The first-order valence-corrected chi connectivity index (χ1v) is 2.22. The molecule has 0 fully saturated rings. The molecule has 0 saturated carbocycles. The minimum absolute atomic E-state index is 0.691. The Kier molecular flexibility index (Phi) is 5.00. The van der Waals surface area contributed by atoms with Crippen LogP contribution in [-0.2, 0) is 4.79 Å². The number of aldehydes is 1. The van der Waals surface area contributed by atoms with Gasteiger partial charge in [0.25, 0.3) is 0 Å². The average Bonchev–Trinajstić information content (AvgIpc) is 1.69. The number of allylic oxidation sites excluding steroid dienone is 3. The highest BCUT2D eigenvalue weighted by atomic mass is 35.5. The molecule has 0 aromatic carbocycles. The molecular weight excluding hydrogens is 112 g/mol. The van der Waals surface area contributed by atoms with Crippen molar-refractivity contribution < 1.29 is 4.79 Å². The maximum absolute atomic E-state index is 9.52. The van der Waals surface area contributed by atoms with Crippen LogP contribution in [-0.4, -0.2) is 6.29 Å². The van der Waals surface area contributed by atoms with Gasteiger partial charge >= 0.3 is 0 Å². The van der Waals surface area contributed by atoms with E-state index in [4.69, 9.17) is 11.6 Å². The average molecular weight is 117 g/mol. The van der Waals surface area contributed by atoms with E-state index in [-0.39, 0.29) is 0 Å². The largest absolute Gasteiger partial charge is 0.299 e. The minimum atomic E-state index is 0.691. The summed E-state index contributed by atoms with van der Waals surface area (Å²) in [4.78, 5) is 9.52. The number of hydrogen-bond donors (Lipinski definition) is 0. The molecule has 0 atom stereocenters. The first kappa shape index (κ1) is 6.44. The van der Waals surface area contributed by atoms with Crippen LogP contribution in [0.3, 0.4) is 0 Å². The van der Waals surface area contributed by atoms with E-state index in [9.17, 15) is 4.79 Å². The van der Waals surface area contributed by atoms with E-state index in [1.165, 1.54) is 11.6 Å². The molecule has 0 spiro atoms. The second-order valence-electron chi connectivity index (χ2n) is 0.839. The first-order chi connectivity index (χ1) is 3.41.